The summed E-state index contributed by atoms with van der Waals surface area (Å²) in [7, 11) is 0. The Morgan fingerprint density at radius 3 is 2.57 bits per heavy atom. The van der Waals surface area contributed by atoms with Crippen LogP contribution in [0.5, 0.6) is 0 Å². The third-order valence-electron chi connectivity index (χ3n) is 2.41. The van der Waals surface area contributed by atoms with Gasteiger partial charge in [-0.3, -0.25) is 9.89 Å². The Morgan fingerprint density at radius 1 is 1.29 bits per heavy atom. The number of nitrogens with one attached hydrogen (secondary N) is 2. The van der Waals surface area contributed by atoms with Gasteiger partial charge in [-0.05, 0) is 17.7 Å². The zero-order valence-electron chi connectivity index (χ0n) is 11.1. The van der Waals surface area contributed by atoms with E-state index in [4.69, 9.17) is 5.73 Å². The van der Waals surface area contributed by atoms with Gasteiger partial charge in [-0.2, -0.15) is 5.10 Å². The lowest BCUT2D eigenvalue weighted by molar-refractivity contribution is 0.0955. The maximum absolute atomic E-state index is 11.7. The van der Waals surface area contributed by atoms with Gasteiger partial charge in [0, 0.05) is 24.4 Å². The number of hydrogen-bond acceptors (Lipinski definition) is 5. The Bertz CT molecular complexity index is 521. The predicted molar refractivity (Wildman–Crippen MR) is 88.3 cm³/mol. The second-order valence-corrected chi connectivity index (χ2v) is 4.78. The summed E-state index contributed by atoms with van der Waals surface area (Å²) in [5.74, 6) is 0.680. The molecule has 116 valence electrons. The van der Waals surface area contributed by atoms with Crippen LogP contribution in [0.1, 0.15) is 15.9 Å². The van der Waals surface area contributed by atoms with Crippen molar-refractivity contribution in [3.8, 4) is 0 Å². The number of nitrogens with zero attached hydrogens (tertiary/aromatic N) is 2. The van der Waals surface area contributed by atoms with Crippen molar-refractivity contribution in [2.24, 2.45) is 5.73 Å². The van der Waals surface area contributed by atoms with Gasteiger partial charge in [-0.15, -0.1) is 24.8 Å². The molecular weight excluding hydrogens is 333 g/mol. The Kier molecular flexibility index (Phi) is 9.81. The molecule has 0 aliphatic carbocycles. The molecule has 2 rings (SSSR count). The van der Waals surface area contributed by atoms with E-state index in [0.29, 0.717) is 18.7 Å². The summed E-state index contributed by atoms with van der Waals surface area (Å²) in [5, 5.41) is 10.1. The van der Waals surface area contributed by atoms with E-state index in [2.05, 4.69) is 20.5 Å². The van der Waals surface area contributed by atoms with Gasteiger partial charge < -0.3 is 11.1 Å². The summed E-state index contributed by atoms with van der Waals surface area (Å²) in [4.78, 5) is 15.7. The average Bonchev–Trinajstić information content (AvgIpc) is 2.96. The number of benzene rings is 1. The Hall–Kier alpha value is -1.28. The van der Waals surface area contributed by atoms with E-state index in [9.17, 15) is 4.79 Å². The number of halogens is 2. The number of aromatic nitrogens is 3. The number of hydrogen-bond donors (Lipinski definition) is 3. The van der Waals surface area contributed by atoms with Crippen LogP contribution in [0.3, 0.4) is 0 Å². The van der Waals surface area contributed by atoms with Crippen LogP contribution in [0.4, 0.5) is 0 Å². The molecule has 4 N–H and O–H groups in total. The van der Waals surface area contributed by atoms with Crippen LogP contribution in [0.15, 0.2) is 35.7 Å². The van der Waals surface area contributed by atoms with E-state index >= 15 is 0 Å². The molecule has 21 heavy (non-hydrogen) atoms. The highest BCUT2D eigenvalue weighted by Gasteiger charge is 2.04. The van der Waals surface area contributed by atoms with Gasteiger partial charge >= 0.3 is 0 Å². The van der Waals surface area contributed by atoms with E-state index in [1.807, 2.05) is 24.3 Å². The van der Waals surface area contributed by atoms with Crippen molar-refractivity contribution in [3.63, 3.8) is 0 Å². The van der Waals surface area contributed by atoms with Crippen LogP contribution in [-0.4, -0.2) is 34.2 Å². The van der Waals surface area contributed by atoms with Crippen molar-refractivity contribution in [2.75, 3.05) is 13.1 Å². The molecule has 0 aliphatic heterocycles. The summed E-state index contributed by atoms with van der Waals surface area (Å²) in [5.41, 5.74) is 7.10. The molecule has 9 heteroatoms. The standard InChI is InChI=1S/C12H15N5OS.2ClH/c13-5-6-14-11(18)10-3-1-9(2-4-10)7-19-12-15-8-16-17-12;;/h1-4,8H,5-7,13H2,(H,14,18)(H,15,16,17);2*1H. The predicted octanol–water partition coefficient (Wildman–Crippen LogP) is 1.63. The topological polar surface area (TPSA) is 96.7 Å². The quantitative estimate of drug-likeness (QED) is 0.688. The number of thioether (sulfide) groups is 1. The zero-order chi connectivity index (χ0) is 13.5. The number of carbonyl (C=O) groups is 1. The molecule has 0 unspecified atom stereocenters. The second-order valence-electron chi connectivity index (χ2n) is 3.82. The molecular formula is C12H17Cl2N5OS. The molecule has 0 saturated carbocycles. The van der Waals surface area contributed by atoms with Crippen LogP contribution in [0.2, 0.25) is 0 Å². The molecule has 1 heterocycles. The normalized spacial score (nSPS) is 9.38. The molecule has 1 aromatic carbocycles. The molecule has 6 nitrogen and oxygen atoms in total. The van der Waals surface area contributed by atoms with Crippen LogP contribution < -0.4 is 11.1 Å². The molecule has 0 fully saturated rings. The minimum Gasteiger partial charge on any atom is -0.351 e. The number of nitrogens with two attached hydrogens (primary N) is 1. The van der Waals surface area contributed by atoms with Gasteiger partial charge in [0.05, 0.1) is 0 Å². The van der Waals surface area contributed by atoms with Gasteiger partial charge in [-0.1, -0.05) is 23.9 Å². The van der Waals surface area contributed by atoms with Gasteiger partial charge in [0.15, 0.2) is 5.16 Å². The van der Waals surface area contributed by atoms with Crippen LogP contribution in [0, 0.1) is 0 Å². The third-order valence-corrected chi connectivity index (χ3v) is 3.36. The number of rotatable bonds is 6. The number of carbonyl (C=O) groups excluding carboxylic acids is 1. The lowest BCUT2D eigenvalue weighted by atomic mass is 10.1. The van der Waals surface area contributed by atoms with Gasteiger partial charge in [0.1, 0.15) is 6.33 Å². The molecule has 0 spiro atoms. The first kappa shape index (κ1) is 19.7. The van der Waals surface area contributed by atoms with E-state index in [1.54, 1.807) is 11.8 Å². The first-order valence-electron chi connectivity index (χ1n) is 5.85. The molecule has 0 atom stereocenters. The second kappa shape index (κ2) is 10.4. The SMILES string of the molecule is Cl.Cl.NCCNC(=O)c1ccc(CSc2ncn[nH]2)cc1. The van der Waals surface area contributed by atoms with Crippen molar-refractivity contribution in [3.05, 3.63) is 41.7 Å². The highest BCUT2D eigenvalue weighted by Crippen LogP contribution is 2.18. The van der Waals surface area contributed by atoms with Crippen LogP contribution >= 0.6 is 36.6 Å². The summed E-state index contributed by atoms with van der Waals surface area (Å²) in [6, 6.07) is 7.48. The monoisotopic (exact) mass is 349 g/mol. The molecule has 0 saturated heterocycles. The number of H-pyrrole nitrogens is 1. The van der Waals surface area contributed by atoms with Crippen LogP contribution in [0.25, 0.3) is 0 Å². The Morgan fingerprint density at radius 2 is 2.00 bits per heavy atom. The van der Waals surface area contributed by atoms with Crippen molar-refractivity contribution < 1.29 is 4.79 Å². The van der Waals surface area contributed by atoms with E-state index in [0.717, 1.165) is 16.5 Å². The summed E-state index contributed by atoms with van der Waals surface area (Å²) in [6.45, 7) is 0.930. The largest absolute Gasteiger partial charge is 0.351 e. The highest BCUT2D eigenvalue weighted by molar-refractivity contribution is 7.98. The highest BCUT2D eigenvalue weighted by atomic mass is 35.5. The summed E-state index contributed by atoms with van der Waals surface area (Å²) >= 11 is 1.56. The van der Waals surface area contributed by atoms with E-state index in [-0.39, 0.29) is 30.7 Å². The smallest absolute Gasteiger partial charge is 0.251 e. The third kappa shape index (κ3) is 6.34. The number of amides is 1. The fourth-order valence-corrected chi connectivity index (χ4v) is 2.19. The fraction of sp³-hybridized carbons (Fsp3) is 0.250. The maximum atomic E-state index is 11.7. The lowest BCUT2D eigenvalue weighted by Gasteiger charge is -2.04. The van der Waals surface area contributed by atoms with E-state index < -0.39 is 0 Å². The molecule has 1 amide bonds. The van der Waals surface area contributed by atoms with Gasteiger partial charge in [-0.25, -0.2) is 4.98 Å². The average molecular weight is 350 g/mol. The van der Waals surface area contributed by atoms with E-state index in [1.165, 1.54) is 6.33 Å². The molecule has 0 aliphatic rings. The maximum Gasteiger partial charge on any atom is 0.251 e. The molecule has 2 aromatic rings. The van der Waals surface area contributed by atoms with Crippen molar-refractivity contribution >= 4 is 42.5 Å². The fourth-order valence-electron chi connectivity index (χ4n) is 1.46. The summed E-state index contributed by atoms with van der Waals surface area (Å²) in [6.07, 6.45) is 1.48. The van der Waals surface area contributed by atoms with Crippen molar-refractivity contribution in [2.45, 2.75) is 10.9 Å². The first-order valence-corrected chi connectivity index (χ1v) is 6.83. The minimum absolute atomic E-state index is 0. The van der Waals surface area contributed by atoms with Gasteiger partial charge in [0.2, 0.25) is 0 Å². The zero-order valence-corrected chi connectivity index (χ0v) is 13.6. The first-order chi connectivity index (χ1) is 9.29. The van der Waals surface area contributed by atoms with Gasteiger partial charge in [0.25, 0.3) is 5.91 Å². The lowest BCUT2D eigenvalue weighted by Crippen LogP contribution is -2.28. The molecule has 0 bridgehead atoms. The van der Waals surface area contributed by atoms with Crippen molar-refractivity contribution in [1.29, 1.82) is 0 Å². The molecule has 1 aromatic heterocycles. The Balaban J connectivity index is 0.00000200. The van der Waals surface area contributed by atoms with Crippen LogP contribution in [-0.2, 0) is 5.75 Å². The van der Waals surface area contributed by atoms with Crippen molar-refractivity contribution in [1.82, 2.24) is 20.5 Å². The minimum atomic E-state index is -0.0973. The molecule has 0 radical (unpaired) electrons. The summed E-state index contributed by atoms with van der Waals surface area (Å²) < 4.78 is 0. The Labute approximate surface area is 139 Å². The number of aromatic amines is 1.